The molecule has 8 heteroatoms. The quantitative estimate of drug-likeness (QED) is 0.776. The van der Waals surface area contributed by atoms with Gasteiger partial charge in [-0.2, -0.15) is 0 Å². The van der Waals surface area contributed by atoms with E-state index in [0.717, 1.165) is 51.0 Å². The van der Waals surface area contributed by atoms with Gasteiger partial charge in [-0.3, -0.25) is 9.59 Å². The molecule has 0 saturated carbocycles. The van der Waals surface area contributed by atoms with Gasteiger partial charge in [-0.05, 0) is 44.0 Å². The summed E-state index contributed by atoms with van der Waals surface area (Å²) in [4.78, 5) is 22.4. The number of imidazole rings is 1. The van der Waals surface area contributed by atoms with Gasteiger partial charge in [-0.15, -0.1) is 0 Å². The minimum atomic E-state index is -0.833. The van der Waals surface area contributed by atoms with E-state index in [9.17, 15) is 0 Å². The highest BCUT2D eigenvalue weighted by Crippen LogP contribution is 2.21. The van der Waals surface area contributed by atoms with Crippen molar-refractivity contribution in [1.82, 2.24) is 14.9 Å². The van der Waals surface area contributed by atoms with Gasteiger partial charge in [0.25, 0.3) is 11.9 Å². The van der Waals surface area contributed by atoms with Gasteiger partial charge in [0.05, 0.1) is 6.26 Å². The zero-order chi connectivity index (χ0) is 18.7. The van der Waals surface area contributed by atoms with Crippen molar-refractivity contribution in [2.24, 2.45) is 5.92 Å². The number of hydrogen-bond donors (Lipinski definition) is 3. The van der Waals surface area contributed by atoms with Crippen molar-refractivity contribution in [2.75, 3.05) is 13.1 Å². The number of carboxylic acid groups (broad SMARTS) is 2. The Hall–Kier alpha value is -2.61. The minimum absolute atomic E-state index is 0.749. The van der Waals surface area contributed by atoms with Gasteiger partial charge in [-0.1, -0.05) is 0 Å². The van der Waals surface area contributed by atoms with Crippen molar-refractivity contribution in [3.05, 3.63) is 30.8 Å². The second-order valence-corrected chi connectivity index (χ2v) is 5.61. The summed E-state index contributed by atoms with van der Waals surface area (Å²) in [5, 5.41) is 18.2. The van der Waals surface area contributed by atoms with Crippen LogP contribution in [0.15, 0.2) is 35.2 Å². The van der Waals surface area contributed by atoms with Gasteiger partial charge in [0.15, 0.2) is 11.6 Å². The molecule has 0 unspecified atom stereocenters. The molecular formula is C17H25N3O5. The van der Waals surface area contributed by atoms with E-state index in [2.05, 4.69) is 14.9 Å². The lowest BCUT2D eigenvalue weighted by Gasteiger charge is -2.23. The molecule has 138 valence electrons. The molecule has 0 atom stereocenters. The third-order valence-electron chi connectivity index (χ3n) is 3.37. The molecule has 0 spiro atoms. The van der Waals surface area contributed by atoms with Crippen LogP contribution >= 0.6 is 0 Å². The first-order valence-corrected chi connectivity index (χ1v) is 8.05. The molecule has 3 heterocycles. The van der Waals surface area contributed by atoms with E-state index in [1.54, 1.807) is 6.26 Å². The molecule has 25 heavy (non-hydrogen) atoms. The zero-order valence-corrected chi connectivity index (χ0v) is 14.5. The van der Waals surface area contributed by atoms with Gasteiger partial charge in [0.2, 0.25) is 0 Å². The molecule has 3 rings (SSSR count). The highest BCUT2D eigenvalue weighted by molar-refractivity contribution is 5.63. The van der Waals surface area contributed by atoms with Crippen LogP contribution in [0.25, 0.3) is 11.6 Å². The average molecular weight is 351 g/mol. The molecule has 1 aliphatic rings. The molecule has 0 aromatic carbocycles. The van der Waals surface area contributed by atoms with Gasteiger partial charge in [0, 0.05) is 32.8 Å². The summed E-state index contributed by atoms with van der Waals surface area (Å²) in [5.74, 6) is 0.872. The predicted octanol–water partition coefficient (Wildman–Crippen LogP) is 2.32. The molecule has 0 amide bonds. The number of hydrogen-bond acceptors (Lipinski definition) is 5. The van der Waals surface area contributed by atoms with E-state index >= 15 is 0 Å². The fourth-order valence-electron chi connectivity index (χ4n) is 2.43. The van der Waals surface area contributed by atoms with Crippen molar-refractivity contribution in [3.63, 3.8) is 0 Å². The van der Waals surface area contributed by atoms with Crippen molar-refractivity contribution < 1.29 is 24.2 Å². The Morgan fingerprint density at radius 2 is 1.88 bits per heavy atom. The van der Waals surface area contributed by atoms with Crippen LogP contribution in [-0.4, -0.2) is 44.8 Å². The van der Waals surface area contributed by atoms with Crippen LogP contribution in [-0.2, 0) is 16.1 Å². The topological polar surface area (TPSA) is 118 Å². The second-order valence-electron chi connectivity index (χ2n) is 5.61. The molecule has 2 aromatic heterocycles. The Morgan fingerprint density at radius 3 is 2.40 bits per heavy atom. The summed E-state index contributed by atoms with van der Waals surface area (Å²) in [6.07, 6.45) is 8.07. The van der Waals surface area contributed by atoms with Crippen molar-refractivity contribution >= 4 is 11.9 Å². The molecule has 1 fully saturated rings. The number of furan rings is 1. The Morgan fingerprint density at radius 1 is 1.28 bits per heavy atom. The third kappa shape index (κ3) is 8.71. The summed E-state index contributed by atoms with van der Waals surface area (Å²) < 4.78 is 7.62. The fourth-order valence-corrected chi connectivity index (χ4v) is 2.43. The van der Waals surface area contributed by atoms with Crippen molar-refractivity contribution in [1.29, 1.82) is 0 Å². The molecule has 0 radical (unpaired) electrons. The Labute approximate surface area is 146 Å². The monoisotopic (exact) mass is 351 g/mol. The molecular weight excluding hydrogens is 326 g/mol. The maximum Gasteiger partial charge on any atom is 0.300 e. The summed E-state index contributed by atoms with van der Waals surface area (Å²) in [7, 11) is 0. The van der Waals surface area contributed by atoms with E-state index in [1.165, 1.54) is 12.8 Å². The SMILES string of the molecule is CC(=O)O.CC(=O)O.c1coc(-c2nccn2CC2CCNCC2)c1. The predicted molar refractivity (Wildman–Crippen MR) is 92.1 cm³/mol. The fraction of sp³-hybridized carbons (Fsp3) is 0.471. The average Bonchev–Trinajstić information content (AvgIpc) is 3.17. The number of aliphatic carboxylic acids is 2. The van der Waals surface area contributed by atoms with Crippen molar-refractivity contribution in [2.45, 2.75) is 33.2 Å². The van der Waals surface area contributed by atoms with Crippen LogP contribution in [0.5, 0.6) is 0 Å². The molecule has 2 aromatic rings. The van der Waals surface area contributed by atoms with Gasteiger partial charge < -0.3 is 24.5 Å². The lowest BCUT2D eigenvalue weighted by atomic mass is 9.98. The van der Waals surface area contributed by atoms with Crippen molar-refractivity contribution in [3.8, 4) is 11.6 Å². The first-order valence-electron chi connectivity index (χ1n) is 8.05. The number of aromatic nitrogens is 2. The largest absolute Gasteiger partial charge is 0.481 e. The summed E-state index contributed by atoms with van der Waals surface area (Å²) in [6, 6.07) is 3.86. The molecule has 8 nitrogen and oxygen atoms in total. The Bertz CT molecular complexity index is 611. The van der Waals surface area contributed by atoms with Crippen LogP contribution in [0.3, 0.4) is 0 Å². The van der Waals surface area contributed by atoms with E-state index in [0.29, 0.717) is 0 Å². The van der Waals surface area contributed by atoms with E-state index in [4.69, 9.17) is 24.2 Å². The number of rotatable bonds is 3. The lowest BCUT2D eigenvalue weighted by molar-refractivity contribution is -0.135. The van der Waals surface area contributed by atoms with Crippen LogP contribution < -0.4 is 5.32 Å². The number of nitrogens with zero attached hydrogens (tertiary/aromatic N) is 2. The van der Waals surface area contributed by atoms with Gasteiger partial charge in [0.1, 0.15) is 0 Å². The highest BCUT2D eigenvalue weighted by atomic mass is 16.4. The standard InChI is InChI=1S/C13H17N3O.2C2H4O2/c1-2-12(17-9-1)13-15-7-8-16(13)10-11-3-5-14-6-4-11;2*1-2(3)4/h1-2,7-9,11,14H,3-6,10H2;2*1H3,(H,3,4). The molecule has 0 aliphatic carbocycles. The Kier molecular flexibility index (Phi) is 9.02. The van der Waals surface area contributed by atoms with Crippen LogP contribution in [0.4, 0.5) is 0 Å². The third-order valence-corrected chi connectivity index (χ3v) is 3.37. The van der Waals surface area contributed by atoms with Gasteiger partial charge in [-0.25, -0.2) is 4.98 Å². The number of nitrogens with one attached hydrogen (secondary N) is 1. The van der Waals surface area contributed by atoms with E-state index in [1.807, 2.05) is 24.5 Å². The highest BCUT2D eigenvalue weighted by Gasteiger charge is 2.16. The normalized spacial score (nSPS) is 13.8. The smallest absolute Gasteiger partial charge is 0.300 e. The summed E-state index contributed by atoms with van der Waals surface area (Å²) in [6.45, 7) is 5.47. The summed E-state index contributed by atoms with van der Waals surface area (Å²) >= 11 is 0. The van der Waals surface area contributed by atoms with E-state index < -0.39 is 11.9 Å². The molecule has 1 saturated heterocycles. The molecule has 0 bridgehead atoms. The first kappa shape index (κ1) is 20.4. The number of carbonyl (C=O) groups is 2. The van der Waals surface area contributed by atoms with Crippen LogP contribution in [0, 0.1) is 5.92 Å². The first-order chi connectivity index (χ1) is 11.9. The zero-order valence-electron chi connectivity index (χ0n) is 14.5. The lowest BCUT2D eigenvalue weighted by Crippen LogP contribution is -2.29. The number of carboxylic acids is 2. The number of piperidine rings is 1. The molecule has 1 aliphatic heterocycles. The maximum atomic E-state index is 9.00. The Balaban J connectivity index is 0.000000333. The van der Waals surface area contributed by atoms with Crippen LogP contribution in [0.2, 0.25) is 0 Å². The maximum absolute atomic E-state index is 9.00. The summed E-state index contributed by atoms with van der Waals surface area (Å²) in [5.41, 5.74) is 0. The van der Waals surface area contributed by atoms with E-state index in [-0.39, 0.29) is 0 Å². The molecule has 3 N–H and O–H groups in total. The minimum Gasteiger partial charge on any atom is -0.481 e. The second kappa shape index (κ2) is 11.0. The van der Waals surface area contributed by atoms with Crippen LogP contribution in [0.1, 0.15) is 26.7 Å². The van der Waals surface area contributed by atoms with Gasteiger partial charge >= 0.3 is 0 Å².